The van der Waals surface area contributed by atoms with Crippen LogP contribution in [0.25, 0.3) is 0 Å². The number of hydrogen-bond acceptors (Lipinski definition) is 3. The summed E-state index contributed by atoms with van der Waals surface area (Å²) in [6.07, 6.45) is 8.13. The fourth-order valence-electron chi connectivity index (χ4n) is 5.77. The van der Waals surface area contributed by atoms with E-state index in [0.29, 0.717) is 18.5 Å². The largest absolute Gasteiger partial charge is 0.385 e. The molecule has 1 aliphatic heterocycles. The van der Waals surface area contributed by atoms with E-state index in [2.05, 4.69) is 10.2 Å². The average molecular weight is 385 g/mol. The fourth-order valence-corrected chi connectivity index (χ4v) is 5.77. The highest BCUT2D eigenvalue weighted by Crippen LogP contribution is 2.64. The van der Waals surface area contributed by atoms with Crippen LogP contribution in [0.3, 0.4) is 0 Å². The maximum absolute atomic E-state index is 12.2. The predicted octanol–water partition coefficient (Wildman–Crippen LogP) is 3.83. The summed E-state index contributed by atoms with van der Waals surface area (Å²) >= 11 is 0. The van der Waals surface area contributed by atoms with Gasteiger partial charge in [-0.25, -0.2) is 0 Å². The molecule has 4 nitrogen and oxygen atoms in total. The molecule has 1 heterocycles. The van der Waals surface area contributed by atoms with Crippen molar-refractivity contribution in [1.29, 1.82) is 0 Å². The molecule has 3 unspecified atom stereocenters. The molecule has 5 atom stereocenters. The molecule has 0 bridgehead atoms. The van der Waals surface area contributed by atoms with Gasteiger partial charge in [0, 0.05) is 30.1 Å². The number of aliphatic hydroxyl groups is 1. The van der Waals surface area contributed by atoms with E-state index in [1.54, 1.807) is 0 Å². The van der Waals surface area contributed by atoms with Gasteiger partial charge in [-0.15, -0.1) is 0 Å². The van der Waals surface area contributed by atoms with Crippen LogP contribution in [-0.4, -0.2) is 40.6 Å². The lowest BCUT2D eigenvalue weighted by atomic mass is 9.65. The minimum absolute atomic E-state index is 0.0380. The van der Waals surface area contributed by atoms with E-state index in [-0.39, 0.29) is 5.91 Å². The molecular formula is C24H36N2O2. The second kappa shape index (κ2) is 7.14. The Morgan fingerprint density at radius 3 is 2.54 bits per heavy atom. The van der Waals surface area contributed by atoms with Crippen LogP contribution in [-0.2, 0) is 10.4 Å². The van der Waals surface area contributed by atoms with Crippen LogP contribution in [0.2, 0.25) is 0 Å². The highest BCUT2D eigenvalue weighted by molar-refractivity contribution is 5.81. The standard InChI is InChI=1S/C24H36N2O2/c1-22(2,3)21(27)25-16-14-23(28,18-8-5-4-6-9-18)15-17-26-20-11-7-10-19-12-13-24(19,20)26/h4-6,8-9,19-20,28H,7,10-17H2,1-3H3,(H,25,27)/t19-,20+,23?,24?,26?/m1/s1. The molecule has 1 saturated heterocycles. The van der Waals surface area contributed by atoms with Gasteiger partial charge in [-0.1, -0.05) is 57.5 Å². The Kier molecular flexibility index (Phi) is 5.08. The van der Waals surface area contributed by atoms with Crippen molar-refractivity contribution in [3.63, 3.8) is 0 Å². The monoisotopic (exact) mass is 384 g/mol. The SMILES string of the molecule is CC(C)(C)C(=O)NCCC(O)(CCN1[C@H]2CCC[C@@H]3CCC321)c1ccccc1. The quantitative estimate of drug-likeness (QED) is 0.703. The maximum Gasteiger partial charge on any atom is 0.225 e. The molecule has 4 heteroatoms. The summed E-state index contributed by atoms with van der Waals surface area (Å²) in [5.41, 5.74) is 0.163. The molecule has 3 fully saturated rings. The van der Waals surface area contributed by atoms with Gasteiger partial charge in [0.2, 0.25) is 5.91 Å². The number of carbonyl (C=O) groups is 1. The van der Waals surface area contributed by atoms with Crippen LogP contribution < -0.4 is 5.32 Å². The Hall–Kier alpha value is -1.39. The summed E-state index contributed by atoms with van der Waals surface area (Å²) in [4.78, 5) is 14.9. The Labute approximate surface area is 169 Å². The Morgan fingerprint density at radius 1 is 1.18 bits per heavy atom. The van der Waals surface area contributed by atoms with E-state index in [9.17, 15) is 9.90 Å². The lowest BCUT2D eigenvalue weighted by Gasteiger charge is -2.41. The lowest BCUT2D eigenvalue weighted by molar-refractivity contribution is -0.128. The fraction of sp³-hybridized carbons (Fsp3) is 0.708. The van der Waals surface area contributed by atoms with E-state index in [1.165, 1.54) is 32.1 Å². The normalized spacial score (nSPS) is 33.1. The van der Waals surface area contributed by atoms with Gasteiger partial charge in [0.05, 0.1) is 5.60 Å². The van der Waals surface area contributed by atoms with Crippen LogP contribution >= 0.6 is 0 Å². The molecule has 1 aromatic carbocycles. The smallest absolute Gasteiger partial charge is 0.225 e. The van der Waals surface area contributed by atoms with Gasteiger partial charge in [-0.2, -0.15) is 0 Å². The topological polar surface area (TPSA) is 52.3 Å². The van der Waals surface area contributed by atoms with Crippen molar-refractivity contribution in [2.75, 3.05) is 13.1 Å². The predicted molar refractivity (Wildman–Crippen MR) is 112 cm³/mol. The number of amides is 1. The number of nitrogens with zero attached hydrogens (tertiary/aromatic N) is 1. The Balaban J connectivity index is 1.40. The number of rotatable bonds is 7. The third-order valence-electron chi connectivity index (χ3n) is 7.63. The molecule has 28 heavy (non-hydrogen) atoms. The molecule has 1 aromatic rings. The summed E-state index contributed by atoms with van der Waals surface area (Å²) in [5.74, 6) is 0.943. The first-order chi connectivity index (χ1) is 13.3. The highest BCUT2D eigenvalue weighted by Gasteiger charge is 2.70. The summed E-state index contributed by atoms with van der Waals surface area (Å²) in [7, 11) is 0. The first-order valence-electron chi connectivity index (χ1n) is 11.1. The van der Waals surface area contributed by atoms with Crippen LogP contribution in [0.4, 0.5) is 0 Å². The molecule has 2 N–H and O–H groups in total. The second-order valence-electron chi connectivity index (χ2n) is 10.3. The van der Waals surface area contributed by atoms with Gasteiger partial charge in [0.15, 0.2) is 0 Å². The zero-order valence-corrected chi connectivity index (χ0v) is 17.7. The maximum atomic E-state index is 12.2. The van der Waals surface area contributed by atoms with E-state index < -0.39 is 11.0 Å². The van der Waals surface area contributed by atoms with Crippen LogP contribution in [0.15, 0.2) is 30.3 Å². The van der Waals surface area contributed by atoms with Gasteiger partial charge in [0.25, 0.3) is 0 Å². The third-order valence-corrected chi connectivity index (χ3v) is 7.63. The zero-order chi connectivity index (χ0) is 20.0. The summed E-state index contributed by atoms with van der Waals surface area (Å²) in [6.45, 7) is 7.21. The lowest BCUT2D eigenvalue weighted by Crippen LogP contribution is -2.43. The summed E-state index contributed by atoms with van der Waals surface area (Å²) < 4.78 is 0. The Morgan fingerprint density at radius 2 is 1.93 bits per heavy atom. The molecule has 2 aliphatic carbocycles. The molecule has 2 saturated carbocycles. The molecule has 3 aliphatic rings. The zero-order valence-electron chi connectivity index (χ0n) is 17.7. The van der Waals surface area contributed by atoms with Crippen molar-refractivity contribution < 1.29 is 9.90 Å². The molecule has 0 radical (unpaired) electrons. The van der Waals surface area contributed by atoms with Gasteiger partial charge in [0.1, 0.15) is 0 Å². The van der Waals surface area contributed by atoms with E-state index in [0.717, 1.165) is 30.5 Å². The molecule has 4 rings (SSSR count). The van der Waals surface area contributed by atoms with Crippen molar-refractivity contribution in [2.45, 2.75) is 82.9 Å². The summed E-state index contributed by atoms with van der Waals surface area (Å²) in [6, 6.07) is 10.8. The first kappa shape index (κ1) is 19.9. The van der Waals surface area contributed by atoms with Crippen molar-refractivity contribution in [3.8, 4) is 0 Å². The van der Waals surface area contributed by atoms with Crippen molar-refractivity contribution in [1.82, 2.24) is 10.2 Å². The van der Waals surface area contributed by atoms with Crippen molar-refractivity contribution >= 4 is 5.91 Å². The molecule has 1 spiro atoms. The van der Waals surface area contributed by atoms with Crippen molar-refractivity contribution in [3.05, 3.63) is 35.9 Å². The number of carbonyl (C=O) groups excluding carboxylic acids is 1. The van der Waals surface area contributed by atoms with Gasteiger partial charge in [-0.3, -0.25) is 9.69 Å². The van der Waals surface area contributed by atoms with Gasteiger partial charge >= 0.3 is 0 Å². The molecule has 154 valence electrons. The van der Waals surface area contributed by atoms with E-state index in [4.69, 9.17) is 0 Å². The van der Waals surface area contributed by atoms with Gasteiger partial charge in [-0.05, 0) is 50.0 Å². The molecule has 1 amide bonds. The van der Waals surface area contributed by atoms with Crippen LogP contribution in [0.5, 0.6) is 0 Å². The van der Waals surface area contributed by atoms with E-state index in [1.807, 2.05) is 51.1 Å². The molecule has 0 aromatic heterocycles. The number of likely N-dealkylation sites (tertiary alicyclic amines) is 1. The number of hydrogen-bond donors (Lipinski definition) is 2. The second-order valence-corrected chi connectivity index (χ2v) is 10.3. The first-order valence-corrected chi connectivity index (χ1v) is 11.1. The number of benzene rings is 1. The summed E-state index contributed by atoms with van der Waals surface area (Å²) in [5, 5.41) is 14.6. The minimum Gasteiger partial charge on any atom is -0.385 e. The Bertz CT molecular complexity index is 713. The van der Waals surface area contributed by atoms with Crippen LogP contribution in [0.1, 0.15) is 71.3 Å². The molecular weight excluding hydrogens is 348 g/mol. The van der Waals surface area contributed by atoms with E-state index >= 15 is 0 Å². The third kappa shape index (κ3) is 3.39. The average Bonchev–Trinajstić information content (AvgIpc) is 3.33. The van der Waals surface area contributed by atoms with Crippen molar-refractivity contribution in [2.24, 2.45) is 11.3 Å². The van der Waals surface area contributed by atoms with Gasteiger partial charge < -0.3 is 10.4 Å². The number of nitrogens with one attached hydrogen (secondary N) is 1. The highest BCUT2D eigenvalue weighted by atomic mass is 16.3. The van der Waals surface area contributed by atoms with Crippen LogP contribution in [0, 0.1) is 11.3 Å². The minimum atomic E-state index is -0.895.